The number of fused-ring (bicyclic) bond motifs is 2. The zero-order chi connectivity index (χ0) is 39.6. The highest BCUT2D eigenvalue weighted by Crippen LogP contribution is 2.37. The first-order chi connectivity index (χ1) is 27.4. The van der Waals surface area contributed by atoms with Gasteiger partial charge >= 0.3 is 0 Å². The Morgan fingerprint density at radius 2 is 1.61 bits per heavy atom. The first kappa shape index (κ1) is 37.3. The van der Waals surface area contributed by atoms with Crippen molar-refractivity contribution in [2.24, 2.45) is 0 Å². The van der Waals surface area contributed by atoms with Crippen LogP contribution in [-0.4, -0.2) is 108 Å². The summed E-state index contributed by atoms with van der Waals surface area (Å²) < 4.78 is 33.9. The third-order valence-corrected chi connectivity index (χ3v) is 12.4. The number of hydrogen-bond donors (Lipinski definition) is 3. The predicted octanol–water partition coefficient (Wildman–Crippen LogP) is 4.35. The van der Waals surface area contributed by atoms with Crippen LogP contribution in [0.4, 0.5) is 20.2 Å². The van der Waals surface area contributed by atoms with E-state index >= 15 is 8.78 Å². The highest BCUT2D eigenvalue weighted by atomic mass is 19.1. The normalized spacial score (nSPS) is 22.9. The topological polar surface area (TPSA) is 153 Å². The second-order valence-corrected chi connectivity index (χ2v) is 16.4. The maximum Gasteiger partial charge on any atom is 0.261 e. The Kier molecular flexibility index (Phi) is 9.52. The molecule has 1 saturated carbocycles. The molecule has 0 unspecified atom stereocenters. The van der Waals surface area contributed by atoms with E-state index in [0.717, 1.165) is 62.8 Å². The van der Waals surface area contributed by atoms with Gasteiger partial charge in [0.2, 0.25) is 11.8 Å². The van der Waals surface area contributed by atoms with Gasteiger partial charge in [-0.05, 0) is 76.3 Å². The van der Waals surface area contributed by atoms with Gasteiger partial charge in [0.15, 0.2) is 5.65 Å². The molecular weight excluding hydrogens is 735 g/mol. The van der Waals surface area contributed by atoms with E-state index in [0.29, 0.717) is 53.3 Å². The number of nitrogens with zero attached hydrogens (tertiary/aromatic N) is 8. The minimum Gasteiger partial charge on any atom is -0.386 e. The quantitative estimate of drug-likeness (QED) is 0.194. The molecule has 0 radical (unpaired) electrons. The highest BCUT2D eigenvalue weighted by molar-refractivity contribution is 6.09. The van der Waals surface area contributed by atoms with Crippen LogP contribution in [0.3, 0.4) is 0 Å². The third-order valence-electron chi connectivity index (χ3n) is 12.4. The van der Waals surface area contributed by atoms with Crippen molar-refractivity contribution in [3.8, 4) is 0 Å². The fraction of sp³-hybridized carbons (Fsp3) is 0.463. The number of piperidine rings is 1. The Balaban J connectivity index is 0.783. The minimum atomic E-state index is -1.23. The molecule has 57 heavy (non-hydrogen) atoms. The number of benzene rings is 2. The molecule has 3 amide bonds. The second kappa shape index (κ2) is 14.6. The Hall–Kier alpha value is -5.32. The van der Waals surface area contributed by atoms with E-state index in [1.807, 2.05) is 23.2 Å². The second-order valence-electron chi connectivity index (χ2n) is 16.4. The van der Waals surface area contributed by atoms with E-state index in [1.54, 1.807) is 36.8 Å². The molecule has 298 valence electrons. The Morgan fingerprint density at radius 3 is 2.30 bits per heavy atom. The molecule has 9 rings (SSSR count). The van der Waals surface area contributed by atoms with E-state index in [-0.39, 0.29) is 30.4 Å². The van der Waals surface area contributed by atoms with Crippen molar-refractivity contribution in [1.29, 1.82) is 0 Å². The van der Waals surface area contributed by atoms with Crippen LogP contribution >= 0.6 is 0 Å². The number of halogens is 2. The molecule has 3 aromatic heterocycles. The van der Waals surface area contributed by atoms with Crippen molar-refractivity contribution in [2.45, 2.75) is 82.0 Å². The SMILES string of the molecule is CC(C)(O)c1cc2nn(C3CCC(N4CCN(C5CN(c6cc(F)c([C@H]7CCC(=O)NC7=O)c(F)c6)C5)CC4)CC3)cc2cc1NC(=O)c1cnn2cccnc12. The molecule has 5 aromatic rings. The first-order valence-electron chi connectivity index (χ1n) is 19.8. The number of hydrogen-bond acceptors (Lipinski definition) is 10. The number of carbonyl (C=O) groups excluding carboxylic acids is 3. The average molecular weight is 781 g/mol. The molecule has 16 heteroatoms. The van der Waals surface area contributed by atoms with E-state index < -0.39 is 35.0 Å². The van der Waals surface area contributed by atoms with Gasteiger partial charge in [0.1, 0.15) is 17.2 Å². The number of nitrogens with one attached hydrogen (secondary N) is 2. The first-order valence-corrected chi connectivity index (χ1v) is 19.8. The summed E-state index contributed by atoms with van der Waals surface area (Å²) in [4.78, 5) is 48.5. The van der Waals surface area contributed by atoms with Crippen LogP contribution in [0.1, 0.15) is 85.8 Å². The van der Waals surface area contributed by atoms with E-state index in [2.05, 4.69) is 35.2 Å². The average Bonchev–Trinajstić information content (AvgIpc) is 3.79. The molecule has 3 saturated heterocycles. The zero-order valence-electron chi connectivity index (χ0n) is 32.0. The monoisotopic (exact) mass is 780 g/mol. The molecular formula is C41H46F2N10O4. The van der Waals surface area contributed by atoms with E-state index in [1.165, 1.54) is 18.3 Å². The summed E-state index contributed by atoms with van der Waals surface area (Å²) in [6, 6.07) is 9.16. The number of rotatable bonds is 8. The van der Waals surface area contributed by atoms with Crippen molar-refractivity contribution in [1.82, 2.24) is 39.5 Å². The van der Waals surface area contributed by atoms with Gasteiger partial charge in [-0.1, -0.05) is 0 Å². The lowest BCUT2D eigenvalue weighted by atomic mass is 9.89. The van der Waals surface area contributed by atoms with Crippen LogP contribution in [-0.2, 0) is 15.2 Å². The number of aromatic nitrogens is 5. The Bertz CT molecular complexity index is 2340. The maximum absolute atomic E-state index is 15.1. The molecule has 3 aliphatic heterocycles. The highest BCUT2D eigenvalue weighted by Gasteiger charge is 2.38. The predicted molar refractivity (Wildman–Crippen MR) is 208 cm³/mol. The largest absolute Gasteiger partial charge is 0.386 e. The molecule has 0 spiro atoms. The van der Waals surface area contributed by atoms with Gasteiger partial charge in [0, 0.05) is 104 Å². The van der Waals surface area contributed by atoms with Crippen LogP contribution in [0.2, 0.25) is 0 Å². The van der Waals surface area contributed by atoms with Crippen molar-refractivity contribution in [2.75, 3.05) is 49.5 Å². The molecule has 2 aromatic carbocycles. The molecule has 1 aliphatic carbocycles. The van der Waals surface area contributed by atoms with Crippen molar-refractivity contribution >= 4 is 45.6 Å². The van der Waals surface area contributed by atoms with Gasteiger partial charge in [0.25, 0.3) is 5.91 Å². The fourth-order valence-electron chi connectivity index (χ4n) is 9.17. The van der Waals surface area contributed by atoms with Gasteiger partial charge in [-0.15, -0.1) is 0 Å². The number of amides is 3. The molecule has 4 fully saturated rings. The van der Waals surface area contributed by atoms with Crippen LogP contribution < -0.4 is 15.5 Å². The van der Waals surface area contributed by atoms with Gasteiger partial charge in [-0.3, -0.25) is 34.2 Å². The van der Waals surface area contributed by atoms with Gasteiger partial charge in [-0.2, -0.15) is 10.2 Å². The smallest absolute Gasteiger partial charge is 0.261 e. The Labute approximate surface area is 327 Å². The van der Waals surface area contributed by atoms with Crippen molar-refractivity contribution in [3.63, 3.8) is 0 Å². The Morgan fingerprint density at radius 1 is 0.930 bits per heavy atom. The van der Waals surface area contributed by atoms with Gasteiger partial charge < -0.3 is 15.3 Å². The minimum absolute atomic E-state index is 0.0609. The number of imide groups is 1. The lowest BCUT2D eigenvalue weighted by Gasteiger charge is -2.50. The lowest BCUT2D eigenvalue weighted by Crippen LogP contribution is -2.64. The molecule has 3 N–H and O–H groups in total. The molecule has 1 atom stereocenters. The van der Waals surface area contributed by atoms with Gasteiger partial charge in [0.05, 0.1) is 29.3 Å². The lowest BCUT2D eigenvalue weighted by molar-refractivity contribution is -0.134. The molecule has 4 aliphatic rings. The van der Waals surface area contributed by atoms with Crippen LogP contribution in [0.5, 0.6) is 0 Å². The van der Waals surface area contributed by atoms with Crippen molar-refractivity contribution in [3.05, 3.63) is 83.4 Å². The van der Waals surface area contributed by atoms with Crippen LogP contribution in [0.25, 0.3) is 16.6 Å². The van der Waals surface area contributed by atoms with E-state index in [4.69, 9.17) is 5.10 Å². The fourth-order valence-corrected chi connectivity index (χ4v) is 9.17. The third kappa shape index (κ3) is 7.14. The molecule has 0 bridgehead atoms. The summed E-state index contributed by atoms with van der Waals surface area (Å²) in [5, 5.41) is 26.3. The molecule has 14 nitrogen and oxygen atoms in total. The number of piperazine rings is 1. The summed E-state index contributed by atoms with van der Waals surface area (Å²) in [6.07, 6.45) is 11.1. The van der Waals surface area contributed by atoms with E-state index in [9.17, 15) is 19.5 Å². The number of anilines is 2. The molecule has 6 heterocycles. The van der Waals surface area contributed by atoms with Crippen LogP contribution in [0, 0.1) is 11.6 Å². The summed E-state index contributed by atoms with van der Waals surface area (Å²) >= 11 is 0. The number of carbonyl (C=O) groups is 3. The summed E-state index contributed by atoms with van der Waals surface area (Å²) in [5.74, 6) is -3.94. The van der Waals surface area contributed by atoms with Crippen molar-refractivity contribution < 1.29 is 28.3 Å². The van der Waals surface area contributed by atoms with Gasteiger partial charge in [-0.25, -0.2) is 18.3 Å². The van der Waals surface area contributed by atoms with Crippen LogP contribution in [0.15, 0.2) is 55.1 Å². The summed E-state index contributed by atoms with van der Waals surface area (Å²) in [5.41, 5.74) is 1.60. The number of aliphatic hydroxyl groups is 1. The summed E-state index contributed by atoms with van der Waals surface area (Å²) in [6.45, 7) is 8.58. The zero-order valence-corrected chi connectivity index (χ0v) is 32.0. The summed E-state index contributed by atoms with van der Waals surface area (Å²) in [7, 11) is 0. The standard InChI is InChI=1S/C41H46F2N10O4/c1-41(2,57)31-19-34-24(16-35(31)46-40(56)30-20-45-52-11-3-10-44-38(30)52)21-53(48-34)26-6-4-25(5-7-26)49-12-14-50(15-13-49)28-22-51(23-28)27-17-32(42)37(33(43)18-27)29-8-9-36(54)47-39(29)55/h3,10-11,16-21,25-26,28-29,57H,4-9,12-15,22-23H2,1-2H3,(H,46,56)(H,47,54,55)/t25?,26?,29-/m1/s1. The maximum atomic E-state index is 15.1.